The number of amides is 1. The van der Waals surface area contributed by atoms with Crippen LogP contribution in [0.5, 0.6) is 11.5 Å². The molecule has 1 heterocycles. The largest absolute Gasteiger partial charge is 0.496 e. The van der Waals surface area contributed by atoms with E-state index in [-0.39, 0.29) is 48.8 Å². The number of para-hydroxylation sites is 3. The number of nitrogens with one attached hydrogen (secondary N) is 1. The van der Waals surface area contributed by atoms with E-state index < -0.39 is 4.92 Å². The predicted octanol–water partition coefficient (Wildman–Crippen LogP) is 2.97. The molecule has 0 aliphatic carbocycles. The Kier molecular flexibility index (Phi) is 8.23. The van der Waals surface area contributed by atoms with Crippen molar-refractivity contribution >= 4 is 24.0 Å². The summed E-state index contributed by atoms with van der Waals surface area (Å²) in [5.74, 6) is 0.850. The number of methoxy groups -OCH3 is 1. The average Bonchev–Trinajstić information content (AvgIpc) is 2.73. The molecular formula is C20H24ClN3O5. The van der Waals surface area contributed by atoms with E-state index in [9.17, 15) is 14.9 Å². The molecule has 0 spiro atoms. The lowest BCUT2D eigenvalue weighted by atomic mass is 10.0. The SMILES string of the molecule is COc1ccccc1C1CNCCN1C(=O)CCOc1ccccc1[N+](=O)[O-].Cl. The fraction of sp³-hybridized carbons (Fsp3) is 0.350. The molecule has 0 radical (unpaired) electrons. The van der Waals surface area contributed by atoms with E-state index in [1.807, 2.05) is 29.2 Å². The lowest BCUT2D eigenvalue weighted by Crippen LogP contribution is -2.49. The normalized spacial score (nSPS) is 15.9. The molecule has 1 aliphatic rings. The molecule has 0 bridgehead atoms. The summed E-state index contributed by atoms with van der Waals surface area (Å²) in [5.41, 5.74) is 0.842. The molecule has 1 saturated heterocycles. The van der Waals surface area contributed by atoms with Crippen LogP contribution in [0.4, 0.5) is 5.69 Å². The van der Waals surface area contributed by atoms with Gasteiger partial charge in [-0.05, 0) is 12.1 Å². The number of nitro benzene ring substituents is 1. The molecule has 2 aromatic carbocycles. The molecule has 1 amide bonds. The third-order valence-electron chi connectivity index (χ3n) is 4.70. The number of nitro groups is 1. The fourth-order valence-electron chi connectivity index (χ4n) is 3.34. The lowest BCUT2D eigenvalue weighted by molar-refractivity contribution is -0.385. The highest BCUT2D eigenvalue weighted by atomic mass is 35.5. The van der Waals surface area contributed by atoms with Gasteiger partial charge in [0.2, 0.25) is 5.91 Å². The van der Waals surface area contributed by atoms with Gasteiger partial charge < -0.3 is 19.7 Å². The molecule has 0 aromatic heterocycles. The van der Waals surface area contributed by atoms with Gasteiger partial charge in [-0.1, -0.05) is 30.3 Å². The first-order chi connectivity index (χ1) is 13.6. The van der Waals surface area contributed by atoms with Gasteiger partial charge >= 0.3 is 5.69 Å². The number of halogens is 1. The van der Waals surface area contributed by atoms with Gasteiger partial charge in [-0.3, -0.25) is 14.9 Å². The van der Waals surface area contributed by atoms with E-state index in [0.29, 0.717) is 19.6 Å². The van der Waals surface area contributed by atoms with Crippen LogP contribution >= 0.6 is 12.4 Å². The van der Waals surface area contributed by atoms with Crippen molar-refractivity contribution < 1.29 is 19.2 Å². The Hall–Kier alpha value is -2.84. The molecule has 3 rings (SSSR count). The summed E-state index contributed by atoms with van der Waals surface area (Å²) in [7, 11) is 1.61. The molecule has 29 heavy (non-hydrogen) atoms. The zero-order valence-electron chi connectivity index (χ0n) is 16.1. The molecule has 0 saturated carbocycles. The van der Waals surface area contributed by atoms with Crippen LogP contribution < -0.4 is 14.8 Å². The first-order valence-electron chi connectivity index (χ1n) is 9.11. The number of benzene rings is 2. The number of rotatable bonds is 7. The van der Waals surface area contributed by atoms with Crippen molar-refractivity contribution in [1.82, 2.24) is 10.2 Å². The molecule has 156 valence electrons. The highest BCUT2D eigenvalue weighted by Crippen LogP contribution is 2.31. The molecule has 1 N–H and O–H groups in total. The van der Waals surface area contributed by atoms with Gasteiger partial charge in [-0.2, -0.15) is 0 Å². The van der Waals surface area contributed by atoms with Gasteiger partial charge in [0.1, 0.15) is 5.75 Å². The van der Waals surface area contributed by atoms with Crippen molar-refractivity contribution in [2.24, 2.45) is 0 Å². The smallest absolute Gasteiger partial charge is 0.310 e. The van der Waals surface area contributed by atoms with Crippen LogP contribution in [0, 0.1) is 10.1 Å². The van der Waals surface area contributed by atoms with E-state index in [1.54, 1.807) is 19.2 Å². The lowest BCUT2D eigenvalue weighted by Gasteiger charge is -2.37. The summed E-state index contributed by atoms with van der Waals surface area (Å²) in [4.78, 5) is 25.2. The van der Waals surface area contributed by atoms with Gasteiger partial charge in [0.05, 0.1) is 31.1 Å². The molecule has 1 unspecified atom stereocenters. The Balaban J connectivity index is 0.00000300. The van der Waals surface area contributed by atoms with Crippen LogP contribution in [-0.2, 0) is 4.79 Å². The monoisotopic (exact) mass is 421 g/mol. The topological polar surface area (TPSA) is 93.9 Å². The van der Waals surface area contributed by atoms with Crippen LogP contribution in [-0.4, -0.2) is 49.1 Å². The Labute approximate surface area is 175 Å². The number of hydrogen-bond acceptors (Lipinski definition) is 6. The van der Waals surface area contributed by atoms with Crippen molar-refractivity contribution in [2.45, 2.75) is 12.5 Å². The van der Waals surface area contributed by atoms with Gasteiger partial charge in [-0.25, -0.2) is 0 Å². The average molecular weight is 422 g/mol. The van der Waals surface area contributed by atoms with E-state index in [4.69, 9.17) is 9.47 Å². The Morgan fingerprint density at radius 1 is 1.21 bits per heavy atom. The molecule has 1 atom stereocenters. The molecule has 9 heteroatoms. The van der Waals surface area contributed by atoms with E-state index in [2.05, 4.69) is 5.32 Å². The minimum absolute atomic E-state index is 0. The first-order valence-corrected chi connectivity index (χ1v) is 9.11. The second kappa shape index (κ2) is 10.6. The maximum atomic E-state index is 12.8. The fourth-order valence-corrected chi connectivity index (χ4v) is 3.34. The second-order valence-corrected chi connectivity index (χ2v) is 6.37. The number of piperazine rings is 1. The van der Waals surface area contributed by atoms with Crippen molar-refractivity contribution in [1.29, 1.82) is 0 Å². The maximum absolute atomic E-state index is 12.8. The molecule has 2 aromatic rings. The summed E-state index contributed by atoms with van der Waals surface area (Å²) >= 11 is 0. The van der Waals surface area contributed by atoms with Crippen LogP contribution in [0.3, 0.4) is 0 Å². The van der Waals surface area contributed by atoms with Crippen LogP contribution in [0.15, 0.2) is 48.5 Å². The van der Waals surface area contributed by atoms with Crippen LogP contribution in [0.2, 0.25) is 0 Å². The number of nitrogens with zero attached hydrogens (tertiary/aromatic N) is 2. The van der Waals surface area contributed by atoms with E-state index in [1.165, 1.54) is 12.1 Å². The quantitative estimate of drug-likeness (QED) is 0.545. The highest BCUT2D eigenvalue weighted by molar-refractivity contribution is 5.85. The van der Waals surface area contributed by atoms with Gasteiger partial charge in [-0.15, -0.1) is 12.4 Å². The molecule has 8 nitrogen and oxygen atoms in total. The van der Waals surface area contributed by atoms with Crippen molar-refractivity contribution in [3.63, 3.8) is 0 Å². The number of hydrogen-bond donors (Lipinski definition) is 1. The van der Waals surface area contributed by atoms with Gasteiger partial charge in [0.25, 0.3) is 0 Å². The summed E-state index contributed by atoms with van der Waals surface area (Å²) in [5, 5.41) is 14.4. The molecular weight excluding hydrogens is 398 g/mol. The third kappa shape index (κ3) is 5.36. The van der Waals surface area contributed by atoms with E-state index >= 15 is 0 Å². The molecule has 1 fully saturated rings. The summed E-state index contributed by atoms with van der Waals surface area (Å²) < 4.78 is 11.0. The Bertz CT molecular complexity index is 848. The number of carbonyl (C=O) groups excluding carboxylic acids is 1. The van der Waals surface area contributed by atoms with E-state index in [0.717, 1.165) is 11.3 Å². The van der Waals surface area contributed by atoms with Crippen molar-refractivity contribution in [3.05, 3.63) is 64.2 Å². The predicted molar refractivity (Wildman–Crippen MR) is 111 cm³/mol. The maximum Gasteiger partial charge on any atom is 0.310 e. The Morgan fingerprint density at radius 3 is 2.62 bits per heavy atom. The zero-order chi connectivity index (χ0) is 19.9. The third-order valence-corrected chi connectivity index (χ3v) is 4.70. The van der Waals surface area contributed by atoms with Crippen molar-refractivity contribution in [3.8, 4) is 11.5 Å². The first kappa shape index (κ1) is 22.4. The second-order valence-electron chi connectivity index (χ2n) is 6.37. The minimum atomic E-state index is -0.495. The number of ether oxygens (including phenoxy) is 2. The van der Waals surface area contributed by atoms with Gasteiger partial charge in [0, 0.05) is 31.3 Å². The Morgan fingerprint density at radius 2 is 1.90 bits per heavy atom. The summed E-state index contributed by atoms with van der Waals surface area (Å²) in [6, 6.07) is 13.7. The highest BCUT2D eigenvalue weighted by Gasteiger charge is 2.29. The van der Waals surface area contributed by atoms with Gasteiger partial charge in [0.15, 0.2) is 5.75 Å². The zero-order valence-corrected chi connectivity index (χ0v) is 16.9. The summed E-state index contributed by atoms with van der Waals surface area (Å²) in [6.45, 7) is 2.00. The minimum Gasteiger partial charge on any atom is -0.496 e. The van der Waals surface area contributed by atoms with Crippen LogP contribution in [0.25, 0.3) is 0 Å². The number of carbonyl (C=O) groups is 1. The molecule has 1 aliphatic heterocycles. The standard InChI is InChI=1S/C20H23N3O5.ClH/c1-27-18-8-4-2-6-15(18)17-14-21-11-12-22(17)20(24)10-13-28-19-9-5-3-7-16(19)23(25)26;/h2-9,17,21H,10-14H2,1H3;1H. The van der Waals surface area contributed by atoms with Crippen LogP contribution in [0.1, 0.15) is 18.0 Å². The summed E-state index contributed by atoms with van der Waals surface area (Å²) in [6.07, 6.45) is 0.137. The van der Waals surface area contributed by atoms with Crippen molar-refractivity contribution in [2.75, 3.05) is 33.4 Å².